The van der Waals surface area contributed by atoms with Gasteiger partial charge in [-0.1, -0.05) is 61.0 Å². The van der Waals surface area contributed by atoms with E-state index >= 15 is 0 Å². The Morgan fingerprint density at radius 3 is 1.41 bits per heavy atom. The van der Waals surface area contributed by atoms with Crippen molar-refractivity contribution in [3.63, 3.8) is 0 Å². The molecule has 0 spiro atoms. The number of aliphatic hydroxyl groups is 4. The number of nitrogens with one attached hydrogen (secondary N) is 2. The van der Waals surface area contributed by atoms with Gasteiger partial charge in [-0.05, 0) is 19.8 Å². The summed E-state index contributed by atoms with van der Waals surface area (Å²) in [6.07, 6.45) is -46.3. The van der Waals surface area contributed by atoms with Gasteiger partial charge in [0.1, 0.15) is 67.1 Å². The molecule has 13 N–H and O–H groups in total. The first kappa shape index (κ1) is 75.1. The van der Waals surface area contributed by atoms with Crippen LogP contribution in [0.2, 0.25) is 0 Å². The standard InChI is InChI=1S/C46H62N2O38S5/c1-19-27(48-87(60,61)62)30(52)34(24(78-19)17-76-88(63,64)65)80-46-39(86-91(72,73)74)33(55)37(41(84-46)43(58)59)82-44-28(47-26(50)12-8-4-7-11-23(49)20-13-15-22(16-14-20)29(51)21-9-5-3-6-10-21)31(53)35(25(79-44)18-77-89(66,67)68)81-45-38(85-90(69,70)71)32(54)36(75-2)40(83-45)42(56)57/h3,5-6,9-10,13-16,19,24-25,27-28,30-41,44-46,48,52-55H,4,7-8,11-12,17-18H2,1-2H3,(H,47,50)(H,56,57)(H,58,59)(H,60,61,62)(H,63,64,65)(H,66,67,68)(H,69,70,71)(H,72,73,74)/t19-,24?,25?,27+,28-,30?,31?,32+,33+,34-,35-,36+,37-,38?,39?,40?,41?,44-,45+,46+/m0/s1. The van der Waals surface area contributed by atoms with Gasteiger partial charge in [-0.3, -0.25) is 37.1 Å². The average Bonchev–Trinajstić information content (AvgIpc) is 0.776. The van der Waals surface area contributed by atoms with E-state index in [1.165, 1.54) is 29.0 Å². The third kappa shape index (κ3) is 21.3. The topological polar surface area (TPSA) is 613 Å². The van der Waals surface area contributed by atoms with Crippen LogP contribution in [0.5, 0.6) is 0 Å². The van der Waals surface area contributed by atoms with Crippen molar-refractivity contribution in [3.8, 4) is 0 Å². The molecule has 0 saturated carbocycles. The molecule has 45 heteroatoms. The van der Waals surface area contributed by atoms with Crippen LogP contribution in [-0.2, 0) is 121 Å². The largest absolute Gasteiger partial charge is 0.479 e. The lowest BCUT2D eigenvalue weighted by Crippen LogP contribution is -2.70. The molecule has 514 valence electrons. The first-order chi connectivity index (χ1) is 42.2. The Kier molecular flexibility index (Phi) is 25.6. The fourth-order valence-corrected chi connectivity index (χ4v) is 12.2. The van der Waals surface area contributed by atoms with Crippen molar-refractivity contribution in [3.05, 3.63) is 71.3 Å². The van der Waals surface area contributed by atoms with E-state index in [2.05, 4.69) is 22.0 Å². The number of rotatable bonds is 31. The van der Waals surface area contributed by atoms with Crippen molar-refractivity contribution in [1.82, 2.24) is 10.0 Å². The Labute approximate surface area is 516 Å². The molecule has 6 rings (SSSR count). The molecular weight excluding hydrogens is 1350 g/mol. The van der Waals surface area contributed by atoms with Gasteiger partial charge in [-0.2, -0.15) is 46.8 Å². The van der Waals surface area contributed by atoms with Crippen LogP contribution in [0.4, 0.5) is 0 Å². The molecule has 2 aromatic rings. The number of methoxy groups -OCH3 is 1. The maximum atomic E-state index is 13.9. The second kappa shape index (κ2) is 31.1. The lowest BCUT2D eigenvalue weighted by Gasteiger charge is -2.50. The molecule has 2 aromatic carbocycles. The Morgan fingerprint density at radius 1 is 0.495 bits per heavy atom. The van der Waals surface area contributed by atoms with Crippen LogP contribution in [-0.4, -0.2) is 268 Å². The molecule has 4 aliphatic rings. The zero-order chi connectivity index (χ0) is 67.9. The number of Topliss-reactive ketones (excluding diaryl/α,β-unsaturated/α-hetero) is 1. The first-order valence-corrected chi connectivity index (χ1v) is 33.2. The summed E-state index contributed by atoms with van der Waals surface area (Å²) in [5, 5.41) is 69.4. The van der Waals surface area contributed by atoms with E-state index in [1.54, 1.807) is 30.3 Å². The van der Waals surface area contributed by atoms with Gasteiger partial charge >= 0.3 is 63.8 Å². The lowest BCUT2D eigenvalue weighted by molar-refractivity contribution is -0.365. The van der Waals surface area contributed by atoms with E-state index in [9.17, 15) is 119 Å². The summed E-state index contributed by atoms with van der Waals surface area (Å²) >= 11 is 0. The van der Waals surface area contributed by atoms with Gasteiger partial charge in [0, 0.05) is 36.6 Å². The summed E-state index contributed by atoms with van der Waals surface area (Å²) in [6.45, 7) is -2.00. The fourth-order valence-electron chi connectivity index (χ4n) is 9.93. The zero-order valence-corrected chi connectivity index (χ0v) is 50.8. The van der Waals surface area contributed by atoms with E-state index in [-0.39, 0.29) is 42.8 Å². The summed E-state index contributed by atoms with van der Waals surface area (Å²) < 4.78 is 231. The van der Waals surface area contributed by atoms with E-state index in [4.69, 9.17) is 37.9 Å². The van der Waals surface area contributed by atoms with E-state index in [1.807, 2.05) is 0 Å². The van der Waals surface area contributed by atoms with Gasteiger partial charge in [-0.15, -0.1) is 0 Å². The number of unbranched alkanes of at least 4 members (excludes halogenated alkanes) is 2. The highest BCUT2D eigenvalue weighted by Gasteiger charge is 2.59. The minimum Gasteiger partial charge on any atom is -0.479 e. The van der Waals surface area contributed by atoms with Gasteiger partial charge in [0.05, 0.1) is 25.4 Å². The first-order valence-electron chi connectivity index (χ1n) is 26.3. The van der Waals surface area contributed by atoms with Crippen molar-refractivity contribution < 1.29 is 174 Å². The van der Waals surface area contributed by atoms with Crippen molar-refractivity contribution in [2.75, 3.05) is 20.3 Å². The van der Waals surface area contributed by atoms with Crippen molar-refractivity contribution in [1.29, 1.82) is 0 Å². The maximum absolute atomic E-state index is 13.9. The summed E-state index contributed by atoms with van der Waals surface area (Å²) in [5.41, 5.74) is 0.918. The number of hydrogen-bond acceptors (Lipinski definition) is 31. The average molecular weight is 1410 g/mol. The van der Waals surface area contributed by atoms with Crippen LogP contribution < -0.4 is 10.0 Å². The summed E-state index contributed by atoms with van der Waals surface area (Å²) in [6, 6.07) is 9.59. The second-order valence-corrected chi connectivity index (χ2v) is 25.7. The van der Waals surface area contributed by atoms with Gasteiger partial charge in [-0.25, -0.2) is 26.3 Å². The number of carboxylic acid groups (broad SMARTS) is 2. The van der Waals surface area contributed by atoms with Gasteiger partial charge in [0.25, 0.3) is 0 Å². The second-order valence-electron chi connectivity index (χ2n) is 20.3. The van der Waals surface area contributed by atoms with Crippen LogP contribution in [0.1, 0.15) is 65.3 Å². The smallest absolute Gasteiger partial charge is 0.397 e. The minimum absolute atomic E-state index is 0.0945. The van der Waals surface area contributed by atoms with Gasteiger partial charge < -0.3 is 73.9 Å². The third-order valence-electron chi connectivity index (χ3n) is 14.0. The molecule has 20 atom stereocenters. The number of carbonyl (C=O) groups excluding carboxylic acids is 3. The van der Waals surface area contributed by atoms with Crippen molar-refractivity contribution in [2.45, 2.75) is 162 Å². The SMILES string of the molecule is CO[C@H]1C(C(=O)O)O[C@@H](O[C@H]2C(COS(=O)(=O)O)O[C@@H](O[C@@H]3C(C(=O)O)O[C@@H](O[C@H]4C(COS(=O)(=O)O)O[C@@H](C)[C@@H](NS(=O)(=O)O)C4O)C(OS(=O)(=O)O)[C@@H]3O)[C@@H](NC(=O)CCCCCC(=O)c3ccc(C(=O)c4ccccc4)cc3)C2O)C(OS(=O)(=O)O)[C@@H]1O. The number of benzene rings is 2. The van der Waals surface area contributed by atoms with Crippen LogP contribution in [0, 0.1) is 0 Å². The maximum Gasteiger partial charge on any atom is 0.397 e. The number of carboxylic acids is 2. The molecule has 1 amide bonds. The van der Waals surface area contributed by atoms with Crippen molar-refractivity contribution >= 4 is 81.3 Å². The van der Waals surface area contributed by atoms with Gasteiger partial charge in [0.2, 0.25) is 5.91 Å². The normalized spacial score (nSPS) is 32.7. The molecule has 40 nitrogen and oxygen atoms in total. The number of hydrogen-bond donors (Lipinski definition) is 13. The highest BCUT2D eigenvalue weighted by Crippen LogP contribution is 2.37. The monoisotopic (exact) mass is 1410 g/mol. The van der Waals surface area contributed by atoms with E-state index in [0.717, 1.165) is 14.0 Å². The molecule has 91 heavy (non-hydrogen) atoms. The van der Waals surface area contributed by atoms with Crippen LogP contribution >= 0.6 is 0 Å². The third-order valence-corrected chi connectivity index (χ3v) is 16.3. The molecule has 0 bridgehead atoms. The quantitative estimate of drug-likeness (QED) is 0.0191. The summed E-state index contributed by atoms with van der Waals surface area (Å²) in [7, 11) is -27.3. The number of amides is 1. The highest BCUT2D eigenvalue weighted by molar-refractivity contribution is 7.83. The summed E-state index contributed by atoms with van der Waals surface area (Å²) in [4.78, 5) is 65.4. The molecule has 0 aliphatic carbocycles. The molecule has 4 aliphatic heterocycles. The minimum atomic E-state index is -5.98. The Bertz CT molecular complexity index is 3460. The van der Waals surface area contributed by atoms with Crippen LogP contribution in [0.15, 0.2) is 54.6 Å². The van der Waals surface area contributed by atoms with E-state index in [0.29, 0.717) is 11.1 Å². The van der Waals surface area contributed by atoms with Crippen molar-refractivity contribution in [2.24, 2.45) is 0 Å². The summed E-state index contributed by atoms with van der Waals surface area (Å²) in [5.74, 6) is -6.06. The number of carbonyl (C=O) groups is 5. The molecule has 4 saturated heterocycles. The number of aliphatic hydroxyl groups excluding tert-OH is 4. The lowest BCUT2D eigenvalue weighted by atomic mass is 9.93. The molecule has 0 aromatic heterocycles. The molecule has 8 unspecified atom stereocenters. The molecule has 4 heterocycles. The van der Waals surface area contributed by atoms with Crippen LogP contribution in [0.3, 0.4) is 0 Å². The fraction of sp³-hybridized carbons (Fsp3) is 0.630. The van der Waals surface area contributed by atoms with Crippen LogP contribution in [0.25, 0.3) is 0 Å². The molecular formula is C46H62N2O38S5. The Hall–Kier alpha value is -4.94. The highest BCUT2D eigenvalue weighted by atomic mass is 32.3. The number of ketones is 2. The zero-order valence-electron chi connectivity index (χ0n) is 46.7. The Balaban J connectivity index is 1.34. The van der Waals surface area contributed by atoms with Gasteiger partial charge in [0.15, 0.2) is 54.9 Å². The predicted octanol–water partition coefficient (Wildman–Crippen LogP) is -4.94. The molecule has 4 fully saturated rings. The molecule has 0 radical (unpaired) electrons. The predicted molar refractivity (Wildman–Crippen MR) is 287 cm³/mol. The van der Waals surface area contributed by atoms with E-state index < -0.39 is 212 Å². The number of ether oxygens (including phenoxy) is 8. The number of aliphatic carboxylic acids is 2. The Morgan fingerprint density at radius 2 is 0.934 bits per heavy atom.